The van der Waals surface area contributed by atoms with Crippen LogP contribution in [0.4, 0.5) is 5.95 Å². The van der Waals surface area contributed by atoms with Gasteiger partial charge in [0.2, 0.25) is 5.95 Å². The number of benzene rings is 1. The summed E-state index contributed by atoms with van der Waals surface area (Å²) in [5.41, 5.74) is 3.09. The van der Waals surface area contributed by atoms with Crippen molar-refractivity contribution in [2.24, 2.45) is 0 Å². The molecule has 30 heavy (non-hydrogen) atoms. The maximum atomic E-state index is 12.8. The molecule has 0 atom stereocenters. The number of anilines is 1. The molecule has 148 valence electrons. The summed E-state index contributed by atoms with van der Waals surface area (Å²) < 4.78 is 2.00. The number of hydrogen-bond acceptors (Lipinski definition) is 6. The lowest BCUT2D eigenvalue weighted by molar-refractivity contribution is 0.102. The lowest BCUT2D eigenvalue weighted by atomic mass is 10.2. The molecule has 0 saturated carbocycles. The molecule has 0 aliphatic heterocycles. The fourth-order valence-electron chi connectivity index (χ4n) is 3.20. The number of carbonyl (C=O) groups excluding carboxylic acids is 1. The summed E-state index contributed by atoms with van der Waals surface area (Å²) in [4.78, 5) is 33.4. The van der Waals surface area contributed by atoms with Crippen LogP contribution in [0.1, 0.15) is 16.2 Å². The van der Waals surface area contributed by atoms with Crippen molar-refractivity contribution in [1.29, 1.82) is 0 Å². The number of thiazole rings is 1. The third-order valence-electron chi connectivity index (χ3n) is 4.64. The zero-order valence-electron chi connectivity index (χ0n) is 15.8. The van der Waals surface area contributed by atoms with E-state index in [0.717, 1.165) is 23.1 Å². The van der Waals surface area contributed by atoms with Crippen molar-refractivity contribution >= 4 is 34.2 Å². The molecule has 0 aliphatic rings. The Hall–Kier alpha value is -3.85. The number of pyridine rings is 1. The van der Waals surface area contributed by atoms with Gasteiger partial charge < -0.3 is 9.55 Å². The van der Waals surface area contributed by atoms with Crippen molar-refractivity contribution in [3.63, 3.8) is 0 Å². The van der Waals surface area contributed by atoms with E-state index in [2.05, 4.69) is 30.2 Å². The molecule has 8 nitrogen and oxygen atoms in total. The van der Waals surface area contributed by atoms with E-state index in [9.17, 15) is 4.79 Å². The van der Waals surface area contributed by atoms with Gasteiger partial charge in [-0.15, -0.1) is 11.3 Å². The predicted octanol–water partition coefficient (Wildman–Crippen LogP) is 3.77. The first-order valence-electron chi connectivity index (χ1n) is 9.40. The zero-order valence-corrected chi connectivity index (χ0v) is 16.6. The predicted molar refractivity (Wildman–Crippen MR) is 115 cm³/mol. The second-order valence-electron chi connectivity index (χ2n) is 6.58. The molecule has 0 bridgehead atoms. The Kier molecular flexibility index (Phi) is 4.78. The number of H-pyrrole nitrogens is 1. The first-order chi connectivity index (χ1) is 14.8. The molecule has 4 aromatic heterocycles. The van der Waals surface area contributed by atoms with Crippen molar-refractivity contribution < 1.29 is 4.79 Å². The van der Waals surface area contributed by atoms with Gasteiger partial charge in [0.1, 0.15) is 5.69 Å². The highest BCUT2D eigenvalue weighted by Gasteiger charge is 2.17. The molecule has 0 unspecified atom stereocenters. The van der Waals surface area contributed by atoms with Crippen molar-refractivity contribution in [1.82, 2.24) is 29.5 Å². The Morgan fingerprint density at radius 3 is 2.80 bits per heavy atom. The number of rotatable bonds is 6. The highest BCUT2D eigenvalue weighted by Crippen LogP contribution is 2.23. The van der Waals surface area contributed by atoms with Gasteiger partial charge in [0.05, 0.1) is 11.0 Å². The lowest BCUT2D eigenvalue weighted by Crippen LogP contribution is -2.17. The number of imidazole rings is 2. The number of amides is 1. The van der Waals surface area contributed by atoms with Gasteiger partial charge in [0, 0.05) is 42.6 Å². The van der Waals surface area contributed by atoms with Crippen LogP contribution in [0.5, 0.6) is 0 Å². The standard InChI is InChI=1S/C21H17N7OS/c29-19(16-13-30-20(25-16)18-23-10-11-24-18)27-21-26-15-6-1-2-7-17(15)28(21)12-8-14-5-3-4-9-22-14/h1-7,9-11,13H,8,12H2,(H,23,24)(H,26,27,29). The number of carbonyl (C=O) groups is 1. The van der Waals surface area contributed by atoms with Crippen molar-refractivity contribution in [3.05, 3.63) is 77.8 Å². The van der Waals surface area contributed by atoms with Gasteiger partial charge in [-0.25, -0.2) is 15.0 Å². The smallest absolute Gasteiger partial charge is 0.277 e. The molecule has 1 amide bonds. The van der Waals surface area contributed by atoms with E-state index in [1.54, 1.807) is 24.0 Å². The van der Waals surface area contributed by atoms with Crippen molar-refractivity contribution in [2.45, 2.75) is 13.0 Å². The Bertz CT molecular complexity index is 1290. The molecule has 2 N–H and O–H groups in total. The monoisotopic (exact) mass is 415 g/mol. The van der Waals surface area contributed by atoms with Gasteiger partial charge in [-0.3, -0.25) is 15.1 Å². The van der Waals surface area contributed by atoms with Crippen molar-refractivity contribution in [3.8, 4) is 10.8 Å². The summed E-state index contributed by atoms with van der Waals surface area (Å²) in [6.45, 7) is 0.641. The van der Waals surface area contributed by atoms with Crippen molar-refractivity contribution in [2.75, 3.05) is 5.32 Å². The molecular weight excluding hydrogens is 398 g/mol. The third-order valence-corrected chi connectivity index (χ3v) is 5.48. The highest BCUT2D eigenvalue weighted by atomic mass is 32.1. The number of aromatic nitrogens is 6. The summed E-state index contributed by atoms with van der Waals surface area (Å²) in [6, 6.07) is 13.7. The molecule has 4 heterocycles. The van der Waals surface area contributed by atoms with Gasteiger partial charge in [0.15, 0.2) is 10.8 Å². The summed E-state index contributed by atoms with van der Waals surface area (Å²) in [7, 11) is 0. The fourth-order valence-corrected chi connectivity index (χ4v) is 3.96. The zero-order chi connectivity index (χ0) is 20.3. The molecule has 0 spiro atoms. The van der Waals surface area contributed by atoms with Gasteiger partial charge in [-0.1, -0.05) is 18.2 Å². The van der Waals surface area contributed by atoms with E-state index in [1.165, 1.54) is 11.3 Å². The Balaban J connectivity index is 1.41. The minimum absolute atomic E-state index is 0.307. The highest BCUT2D eigenvalue weighted by molar-refractivity contribution is 7.13. The summed E-state index contributed by atoms with van der Waals surface area (Å²) in [6.07, 6.45) is 5.88. The van der Waals surface area contributed by atoms with E-state index in [0.29, 0.717) is 29.0 Å². The number of nitrogens with zero attached hydrogens (tertiary/aromatic N) is 5. The van der Waals surface area contributed by atoms with Crippen LogP contribution in [0, 0.1) is 0 Å². The van der Waals surface area contributed by atoms with E-state index in [4.69, 9.17) is 0 Å². The quantitative estimate of drug-likeness (QED) is 0.440. The molecule has 0 aliphatic carbocycles. The van der Waals surface area contributed by atoms with Gasteiger partial charge in [0.25, 0.3) is 5.91 Å². The van der Waals surface area contributed by atoms with Crippen LogP contribution in [0.2, 0.25) is 0 Å². The van der Waals surface area contributed by atoms with E-state index in [-0.39, 0.29) is 5.91 Å². The first kappa shape index (κ1) is 18.2. The topological polar surface area (TPSA) is 101 Å². The Morgan fingerprint density at radius 2 is 1.97 bits per heavy atom. The van der Waals surface area contributed by atoms with Crippen LogP contribution in [0.25, 0.3) is 21.9 Å². The molecule has 0 saturated heterocycles. The van der Waals surface area contributed by atoms with E-state index < -0.39 is 0 Å². The molecule has 5 aromatic rings. The SMILES string of the molecule is O=C(Nc1nc2ccccc2n1CCc1ccccn1)c1csc(-c2ncc[nH]2)n1. The molecule has 9 heteroatoms. The number of aromatic amines is 1. The number of hydrogen-bond donors (Lipinski definition) is 2. The van der Waals surface area contributed by atoms with Crippen LogP contribution >= 0.6 is 11.3 Å². The summed E-state index contributed by atoms with van der Waals surface area (Å²) in [5, 5.41) is 5.29. The van der Waals surface area contributed by atoms with Crippen LogP contribution in [-0.4, -0.2) is 35.4 Å². The van der Waals surface area contributed by atoms with E-state index >= 15 is 0 Å². The van der Waals surface area contributed by atoms with Gasteiger partial charge in [-0.05, 0) is 24.3 Å². The second kappa shape index (κ2) is 7.88. The minimum atomic E-state index is -0.307. The van der Waals surface area contributed by atoms with Crippen LogP contribution in [-0.2, 0) is 13.0 Å². The number of fused-ring (bicyclic) bond motifs is 1. The number of para-hydroxylation sites is 2. The Labute approximate surface area is 175 Å². The maximum Gasteiger partial charge on any atom is 0.277 e. The second-order valence-corrected chi connectivity index (χ2v) is 7.43. The van der Waals surface area contributed by atoms with Crippen LogP contribution in [0.15, 0.2) is 66.4 Å². The normalized spacial score (nSPS) is 11.1. The fraction of sp³-hybridized carbons (Fsp3) is 0.0952. The van der Waals surface area contributed by atoms with Gasteiger partial charge >= 0.3 is 0 Å². The number of aryl methyl sites for hydroxylation is 2. The Morgan fingerprint density at radius 1 is 1.07 bits per heavy atom. The largest absolute Gasteiger partial charge is 0.343 e. The van der Waals surface area contributed by atoms with Crippen LogP contribution < -0.4 is 5.32 Å². The van der Waals surface area contributed by atoms with E-state index in [1.807, 2.05) is 47.0 Å². The lowest BCUT2D eigenvalue weighted by Gasteiger charge is -2.09. The number of nitrogens with one attached hydrogen (secondary N) is 2. The molecule has 1 aromatic carbocycles. The molecule has 5 rings (SSSR count). The maximum absolute atomic E-state index is 12.8. The van der Waals surface area contributed by atoms with Gasteiger partial charge in [-0.2, -0.15) is 0 Å². The summed E-state index contributed by atoms with van der Waals surface area (Å²) >= 11 is 1.36. The van der Waals surface area contributed by atoms with Crippen LogP contribution in [0.3, 0.4) is 0 Å². The molecular formula is C21H17N7OS. The average molecular weight is 415 g/mol. The first-order valence-corrected chi connectivity index (χ1v) is 10.3. The minimum Gasteiger partial charge on any atom is -0.343 e. The summed E-state index contributed by atoms with van der Waals surface area (Å²) in [5.74, 6) is 0.824. The average Bonchev–Trinajstić information content (AvgIpc) is 3.52. The third kappa shape index (κ3) is 3.58. The molecule has 0 radical (unpaired) electrons. The molecule has 0 fully saturated rings.